The average Bonchev–Trinajstić information content (AvgIpc) is 3.18. The molecule has 0 aliphatic carbocycles. The molecule has 0 atom stereocenters. The maximum atomic E-state index is 12.4. The average molecular weight is 427 g/mol. The predicted octanol–water partition coefficient (Wildman–Crippen LogP) is 4.35. The summed E-state index contributed by atoms with van der Waals surface area (Å²) < 4.78 is 6.78. The summed E-state index contributed by atoms with van der Waals surface area (Å²) in [6.45, 7) is 1.41. The van der Waals surface area contributed by atoms with E-state index in [1.807, 2.05) is 37.3 Å². The van der Waals surface area contributed by atoms with Crippen LogP contribution in [0.15, 0.2) is 84.9 Å². The van der Waals surface area contributed by atoms with Gasteiger partial charge in [-0.05, 0) is 54.4 Å². The zero-order valence-electron chi connectivity index (χ0n) is 17.4. The van der Waals surface area contributed by atoms with Gasteiger partial charge in [-0.1, -0.05) is 42.5 Å². The summed E-state index contributed by atoms with van der Waals surface area (Å²) in [6, 6.07) is 24.8. The first-order chi connectivity index (χ1) is 15.5. The number of nitrogens with one attached hydrogen (secondary N) is 1. The van der Waals surface area contributed by atoms with Crippen LogP contribution in [0.1, 0.15) is 16.1 Å². The highest BCUT2D eigenvalue weighted by Crippen LogP contribution is 2.22. The number of phenolic OH excluding ortho intramolecular Hbond substituents is 1. The molecule has 0 radical (unpaired) electrons. The molecular weight excluding hydrogens is 406 g/mol. The van der Waals surface area contributed by atoms with Gasteiger partial charge in [-0.25, -0.2) is 9.48 Å². The van der Waals surface area contributed by atoms with Crippen molar-refractivity contribution in [3.05, 3.63) is 96.2 Å². The van der Waals surface area contributed by atoms with Gasteiger partial charge in [0.1, 0.15) is 11.6 Å². The van der Waals surface area contributed by atoms with Crippen molar-refractivity contribution in [2.45, 2.75) is 6.92 Å². The summed E-state index contributed by atoms with van der Waals surface area (Å²) in [7, 11) is 0. The third-order valence-electron chi connectivity index (χ3n) is 4.76. The van der Waals surface area contributed by atoms with Crippen molar-refractivity contribution in [2.75, 3.05) is 11.9 Å². The molecule has 0 unspecified atom stereocenters. The van der Waals surface area contributed by atoms with Gasteiger partial charge in [0.2, 0.25) is 0 Å². The monoisotopic (exact) mass is 427 g/mol. The minimum Gasteiger partial charge on any atom is -0.508 e. The highest BCUT2D eigenvalue weighted by atomic mass is 16.5. The molecule has 4 rings (SSSR count). The van der Waals surface area contributed by atoms with E-state index in [2.05, 4.69) is 10.4 Å². The van der Waals surface area contributed by atoms with Crippen LogP contribution in [0.5, 0.6) is 5.75 Å². The van der Waals surface area contributed by atoms with Crippen LogP contribution >= 0.6 is 0 Å². The highest BCUT2D eigenvalue weighted by molar-refractivity contribution is 5.95. The molecule has 1 aromatic heterocycles. The normalized spacial score (nSPS) is 10.5. The number of aryl methyl sites for hydroxylation is 1. The number of phenols is 1. The Hall–Kier alpha value is -4.39. The van der Waals surface area contributed by atoms with E-state index in [9.17, 15) is 14.7 Å². The number of carbonyl (C=O) groups is 2. The molecule has 1 heterocycles. The SMILES string of the molecule is Cc1cc(NC(=O)COC(=O)c2ccc(-c3ccc(O)cc3)cc2)n(-c2ccccc2)n1. The third kappa shape index (κ3) is 4.84. The van der Waals surface area contributed by atoms with E-state index >= 15 is 0 Å². The van der Waals surface area contributed by atoms with Gasteiger partial charge in [0.25, 0.3) is 5.91 Å². The Morgan fingerprint density at radius 1 is 0.938 bits per heavy atom. The zero-order valence-corrected chi connectivity index (χ0v) is 17.4. The second-order valence-corrected chi connectivity index (χ2v) is 7.17. The smallest absolute Gasteiger partial charge is 0.338 e. The highest BCUT2D eigenvalue weighted by Gasteiger charge is 2.14. The molecule has 160 valence electrons. The lowest BCUT2D eigenvalue weighted by atomic mass is 10.0. The Balaban J connectivity index is 1.36. The van der Waals surface area contributed by atoms with Crippen LogP contribution in [-0.4, -0.2) is 33.4 Å². The van der Waals surface area contributed by atoms with E-state index < -0.39 is 18.5 Å². The van der Waals surface area contributed by atoms with E-state index in [-0.39, 0.29) is 5.75 Å². The number of rotatable bonds is 6. The largest absolute Gasteiger partial charge is 0.508 e. The molecule has 0 bridgehead atoms. The van der Waals surface area contributed by atoms with Crippen LogP contribution in [0.3, 0.4) is 0 Å². The van der Waals surface area contributed by atoms with Crippen LogP contribution in [-0.2, 0) is 9.53 Å². The number of anilines is 1. The van der Waals surface area contributed by atoms with Crippen molar-refractivity contribution in [3.8, 4) is 22.6 Å². The van der Waals surface area contributed by atoms with Crippen LogP contribution in [0, 0.1) is 6.92 Å². The first-order valence-corrected chi connectivity index (χ1v) is 9.98. The van der Waals surface area contributed by atoms with Gasteiger partial charge in [0, 0.05) is 6.07 Å². The zero-order chi connectivity index (χ0) is 22.5. The van der Waals surface area contributed by atoms with E-state index in [0.717, 1.165) is 22.5 Å². The van der Waals surface area contributed by atoms with Gasteiger partial charge in [0.15, 0.2) is 6.61 Å². The summed E-state index contributed by atoms with van der Waals surface area (Å²) in [5, 5.41) is 16.5. The van der Waals surface area contributed by atoms with Crippen LogP contribution in [0.2, 0.25) is 0 Å². The molecule has 32 heavy (non-hydrogen) atoms. The fourth-order valence-corrected chi connectivity index (χ4v) is 3.20. The second-order valence-electron chi connectivity index (χ2n) is 7.17. The topological polar surface area (TPSA) is 93.5 Å². The fraction of sp³-hybridized carbons (Fsp3) is 0.0800. The summed E-state index contributed by atoms with van der Waals surface area (Å²) in [5.74, 6) is -0.372. The summed E-state index contributed by atoms with van der Waals surface area (Å²) in [6.07, 6.45) is 0. The number of aromatic hydroxyl groups is 1. The van der Waals surface area contributed by atoms with Gasteiger partial charge in [-0.3, -0.25) is 4.79 Å². The quantitative estimate of drug-likeness (QED) is 0.446. The fourth-order valence-electron chi connectivity index (χ4n) is 3.20. The van der Waals surface area contributed by atoms with Gasteiger partial charge >= 0.3 is 5.97 Å². The number of esters is 1. The van der Waals surface area contributed by atoms with Gasteiger partial charge in [-0.2, -0.15) is 5.10 Å². The van der Waals surface area contributed by atoms with Gasteiger partial charge in [0.05, 0.1) is 16.9 Å². The van der Waals surface area contributed by atoms with Crippen molar-refractivity contribution < 1.29 is 19.4 Å². The Morgan fingerprint density at radius 3 is 2.22 bits per heavy atom. The Kier molecular flexibility index (Phi) is 5.98. The first kappa shape index (κ1) is 20.9. The Labute approximate surface area is 184 Å². The van der Waals surface area contributed by atoms with Gasteiger partial charge in [-0.15, -0.1) is 0 Å². The molecule has 0 fully saturated rings. The summed E-state index contributed by atoms with van der Waals surface area (Å²) >= 11 is 0. The van der Waals surface area contributed by atoms with E-state index in [4.69, 9.17) is 4.74 Å². The predicted molar refractivity (Wildman–Crippen MR) is 121 cm³/mol. The molecule has 0 saturated heterocycles. The molecule has 7 nitrogen and oxygen atoms in total. The molecule has 3 aromatic carbocycles. The number of amides is 1. The third-order valence-corrected chi connectivity index (χ3v) is 4.76. The maximum absolute atomic E-state index is 12.4. The maximum Gasteiger partial charge on any atom is 0.338 e. The lowest BCUT2D eigenvalue weighted by Gasteiger charge is -2.09. The molecule has 4 aromatic rings. The summed E-state index contributed by atoms with van der Waals surface area (Å²) in [4.78, 5) is 24.7. The number of ether oxygens (including phenoxy) is 1. The number of nitrogens with zero attached hydrogens (tertiary/aromatic N) is 2. The molecular formula is C25H21N3O4. The number of benzene rings is 3. The molecule has 7 heteroatoms. The summed E-state index contributed by atoms with van der Waals surface area (Å²) in [5.41, 5.74) is 3.69. The standard InChI is InChI=1S/C25H21N3O4/c1-17-15-23(28(27-17)21-5-3-2-4-6-21)26-24(30)16-32-25(31)20-9-7-18(8-10-20)19-11-13-22(29)14-12-19/h2-15,29H,16H2,1H3,(H,26,30). The van der Waals surface area contributed by atoms with Crippen molar-refractivity contribution in [1.29, 1.82) is 0 Å². The number of hydrogen-bond acceptors (Lipinski definition) is 5. The molecule has 2 N–H and O–H groups in total. The van der Waals surface area contributed by atoms with E-state index in [0.29, 0.717) is 11.4 Å². The van der Waals surface area contributed by atoms with Crippen molar-refractivity contribution >= 4 is 17.7 Å². The van der Waals surface area contributed by atoms with Crippen LogP contribution in [0.25, 0.3) is 16.8 Å². The lowest BCUT2D eigenvalue weighted by molar-refractivity contribution is -0.119. The Bertz CT molecular complexity index is 1230. The second kappa shape index (κ2) is 9.18. The lowest BCUT2D eigenvalue weighted by Crippen LogP contribution is -2.22. The molecule has 1 amide bonds. The van der Waals surface area contributed by atoms with Crippen molar-refractivity contribution in [1.82, 2.24) is 9.78 Å². The van der Waals surface area contributed by atoms with E-state index in [1.165, 1.54) is 0 Å². The van der Waals surface area contributed by atoms with Crippen molar-refractivity contribution in [2.24, 2.45) is 0 Å². The van der Waals surface area contributed by atoms with E-state index in [1.54, 1.807) is 59.3 Å². The molecule has 0 spiro atoms. The van der Waals surface area contributed by atoms with Crippen LogP contribution in [0.4, 0.5) is 5.82 Å². The Morgan fingerprint density at radius 2 is 1.56 bits per heavy atom. The molecule has 0 aliphatic rings. The van der Waals surface area contributed by atoms with Crippen molar-refractivity contribution in [3.63, 3.8) is 0 Å². The number of hydrogen-bond donors (Lipinski definition) is 2. The van der Waals surface area contributed by atoms with Crippen LogP contribution < -0.4 is 5.32 Å². The minimum absolute atomic E-state index is 0.189. The minimum atomic E-state index is -0.592. The first-order valence-electron chi connectivity index (χ1n) is 9.98. The molecule has 0 aliphatic heterocycles. The molecule has 0 saturated carbocycles. The number of aromatic nitrogens is 2. The van der Waals surface area contributed by atoms with Gasteiger partial charge < -0.3 is 15.2 Å². The number of carbonyl (C=O) groups excluding carboxylic acids is 2. The number of para-hydroxylation sites is 1.